The zero-order valence-corrected chi connectivity index (χ0v) is 19.2. The van der Waals surface area contributed by atoms with Crippen molar-refractivity contribution < 1.29 is 13.2 Å². The quantitative estimate of drug-likeness (QED) is 0.554. The van der Waals surface area contributed by atoms with Crippen LogP contribution < -0.4 is 15.4 Å². The van der Waals surface area contributed by atoms with E-state index in [4.69, 9.17) is 10.5 Å². The maximum Gasteiger partial charge on any atom is 0.181 e. The molecule has 0 bridgehead atoms. The van der Waals surface area contributed by atoms with E-state index in [0.717, 1.165) is 49.9 Å². The van der Waals surface area contributed by atoms with Gasteiger partial charge in [-0.3, -0.25) is 0 Å². The van der Waals surface area contributed by atoms with Crippen LogP contribution in [0.2, 0.25) is 0 Å². The van der Waals surface area contributed by atoms with E-state index in [0.29, 0.717) is 22.9 Å². The van der Waals surface area contributed by atoms with Gasteiger partial charge >= 0.3 is 0 Å². The van der Waals surface area contributed by atoms with Crippen LogP contribution in [-0.2, 0) is 9.84 Å². The SMILES string of the molecule is CCCCC1(CCCC)CN(c2ccc(N)cc2)c2ccc(OC)cc2S(=O)(=O)C1. The number of hydrogen-bond acceptors (Lipinski definition) is 5. The summed E-state index contributed by atoms with van der Waals surface area (Å²) in [5, 5.41) is 0. The fourth-order valence-corrected chi connectivity index (χ4v) is 6.59. The maximum atomic E-state index is 13.6. The van der Waals surface area contributed by atoms with Gasteiger partial charge in [0.2, 0.25) is 0 Å². The molecule has 6 heteroatoms. The summed E-state index contributed by atoms with van der Waals surface area (Å²) in [4.78, 5) is 2.53. The van der Waals surface area contributed by atoms with Crippen LogP contribution in [0, 0.1) is 5.41 Å². The number of sulfone groups is 1. The predicted octanol–water partition coefficient (Wildman–Crippen LogP) is 5.57. The molecule has 2 aromatic rings. The number of anilines is 3. The highest BCUT2D eigenvalue weighted by Gasteiger charge is 2.42. The summed E-state index contributed by atoms with van der Waals surface area (Å²) < 4.78 is 32.6. The zero-order valence-electron chi connectivity index (χ0n) is 18.4. The van der Waals surface area contributed by atoms with E-state index in [9.17, 15) is 8.42 Å². The van der Waals surface area contributed by atoms with Crippen LogP contribution in [-0.4, -0.2) is 27.8 Å². The molecule has 0 aliphatic carbocycles. The normalized spacial score (nSPS) is 17.2. The third kappa shape index (κ3) is 4.75. The Hall–Kier alpha value is -2.21. The van der Waals surface area contributed by atoms with Crippen LogP contribution >= 0.6 is 0 Å². The summed E-state index contributed by atoms with van der Waals surface area (Å²) >= 11 is 0. The van der Waals surface area contributed by atoms with E-state index in [2.05, 4.69) is 18.7 Å². The molecule has 3 rings (SSSR count). The van der Waals surface area contributed by atoms with Crippen LogP contribution in [0.15, 0.2) is 47.4 Å². The smallest absolute Gasteiger partial charge is 0.181 e. The van der Waals surface area contributed by atoms with Crippen molar-refractivity contribution >= 4 is 26.9 Å². The van der Waals surface area contributed by atoms with E-state index < -0.39 is 9.84 Å². The van der Waals surface area contributed by atoms with E-state index >= 15 is 0 Å². The molecule has 1 aliphatic heterocycles. The van der Waals surface area contributed by atoms with Crippen LogP contribution in [0.3, 0.4) is 0 Å². The summed E-state index contributed by atoms with van der Waals surface area (Å²) in [5.41, 5.74) is 8.00. The van der Waals surface area contributed by atoms with Crippen molar-refractivity contribution in [2.75, 3.05) is 30.0 Å². The molecule has 0 fully saturated rings. The molecule has 164 valence electrons. The molecule has 0 atom stereocenters. The number of nitrogens with two attached hydrogens (primary N) is 1. The third-order valence-corrected chi connectivity index (χ3v) is 8.10. The summed E-state index contributed by atoms with van der Waals surface area (Å²) in [6, 6.07) is 13.1. The van der Waals surface area contributed by atoms with Gasteiger partial charge in [-0.05, 0) is 49.2 Å². The van der Waals surface area contributed by atoms with Crippen molar-refractivity contribution in [3.8, 4) is 5.75 Å². The average Bonchev–Trinajstić information content (AvgIpc) is 2.84. The summed E-state index contributed by atoms with van der Waals surface area (Å²) in [6.07, 6.45) is 5.95. The lowest BCUT2D eigenvalue weighted by molar-refractivity contribution is 0.270. The highest BCUT2D eigenvalue weighted by atomic mass is 32.2. The van der Waals surface area contributed by atoms with Crippen LogP contribution in [0.4, 0.5) is 17.1 Å². The molecule has 0 amide bonds. The van der Waals surface area contributed by atoms with Gasteiger partial charge in [-0.2, -0.15) is 0 Å². The standard InChI is InChI=1S/C24H34N2O3S/c1-4-6-14-24(15-7-5-2)17-26(20-10-8-19(25)9-11-20)22-13-12-21(29-3)16-23(22)30(27,28)18-24/h8-13,16H,4-7,14-15,17-18,25H2,1-3H3. The Morgan fingerprint density at radius 2 is 1.67 bits per heavy atom. The largest absolute Gasteiger partial charge is 0.497 e. The van der Waals surface area contributed by atoms with E-state index in [1.54, 1.807) is 13.2 Å². The summed E-state index contributed by atoms with van der Waals surface area (Å²) in [6.45, 7) is 5.00. The number of benzene rings is 2. The fraction of sp³-hybridized carbons (Fsp3) is 0.500. The number of hydrogen-bond donors (Lipinski definition) is 1. The topological polar surface area (TPSA) is 72.6 Å². The molecule has 0 spiro atoms. The third-order valence-electron chi connectivity index (χ3n) is 6.11. The molecule has 0 saturated heterocycles. The van der Waals surface area contributed by atoms with Gasteiger partial charge in [0.05, 0.1) is 23.4 Å². The van der Waals surface area contributed by atoms with Crippen LogP contribution in [0.25, 0.3) is 0 Å². The Morgan fingerprint density at radius 3 is 2.23 bits per heavy atom. The van der Waals surface area contributed by atoms with Gasteiger partial charge < -0.3 is 15.4 Å². The highest BCUT2D eigenvalue weighted by Crippen LogP contribution is 2.45. The molecule has 1 heterocycles. The van der Waals surface area contributed by atoms with Gasteiger partial charge in [0.25, 0.3) is 0 Å². The second kappa shape index (κ2) is 9.29. The predicted molar refractivity (Wildman–Crippen MR) is 124 cm³/mol. The molecule has 1 aliphatic rings. The first kappa shape index (κ1) is 22.5. The first-order chi connectivity index (χ1) is 14.3. The summed E-state index contributed by atoms with van der Waals surface area (Å²) in [7, 11) is -1.91. The Balaban J connectivity index is 2.19. The van der Waals surface area contributed by atoms with Crippen molar-refractivity contribution in [2.45, 2.75) is 57.3 Å². The first-order valence-corrected chi connectivity index (χ1v) is 12.5. The average molecular weight is 431 g/mol. The minimum absolute atomic E-state index is 0.172. The molecule has 5 nitrogen and oxygen atoms in total. The van der Waals surface area contributed by atoms with Gasteiger partial charge in [-0.25, -0.2) is 8.42 Å². The summed E-state index contributed by atoms with van der Waals surface area (Å²) in [5.74, 6) is 0.732. The van der Waals surface area contributed by atoms with Crippen LogP contribution in [0.1, 0.15) is 52.4 Å². The lowest BCUT2D eigenvalue weighted by Crippen LogP contribution is -2.38. The lowest BCUT2D eigenvalue weighted by Gasteiger charge is -2.37. The van der Waals surface area contributed by atoms with Gasteiger partial charge in [0.15, 0.2) is 9.84 Å². The Morgan fingerprint density at radius 1 is 1.03 bits per heavy atom. The zero-order chi connectivity index (χ0) is 21.8. The lowest BCUT2D eigenvalue weighted by atomic mass is 9.79. The molecule has 30 heavy (non-hydrogen) atoms. The van der Waals surface area contributed by atoms with Gasteiger partial charge in [0, 0.05) is 29.4 Å². The number of rotatable bonds is 8. The second-order valence-electron chi connectivity index (χ2n) is 8.48. The van der Waals surface area contributed by atoms with Crippen molar-refractivity contribution in [1.29, 1.82) is 0 Å². The number of fused-ring (bicyclic) bond motifs is 1. The minimum Gasteiger partial charge on any atom is -0.497 e. The van der Waals surface area contributed by atoms with E-state index in [1.807, 2.05) is 36.4 Å². The Bertz CT molecular complexity index is 947. The van der Waals surface area contributed by atoms with E-state index in [1.165, 1.54) is 0 Å². The molecule has 0 saturated carbocycles. The molecular weight excluding hydrogens is 396 g/mol. The number of unbranched alkanes of at least 4 members (excludes halogenated alkanes) is 2. The van der Waals surface area contributed by atoms with Crippen molar-refractivity contribution in [3.63, 3.8) is 0 Å². The van der Waals surface area contributed by atoms with Gasteiger partial charge in [-0.15, -0.1) is 0 Å². The van der Waals surface area contributed by atoms with Gasteiger partial charge in [0.1, 0.15) is 5.75 Å². The molecule has 0 radical (unpaired) electrons. The van der Waals surface area contributed by atoms with Crippen molar-refractivity contribution in [2.24, 2.45) is 5.41 Å². The van der Waals surface area contributed by atoms with Crippen molar-refractivity contribution in [1.82, 2.24) is 0 Å². The number of nitrogens with zero attached hydrogens (tertiary/aromatic N) is 1. The van der Waals surface area contributed by atoms with Crippen molar-refractivity contribution in [3.05, 3.63) is 42.5 Å². The minimum atomic E-state index is -3.47. The monoisotopic (exact) mass is 430 g/mol. The van der Waals surface area contributed by atoms with E-state index in [-0.39, 0.29) is 11.2 Å². The highest BCUT2D eigenvalue weighted by molar-refractivity contribution is 7.91. The number of nitrogen functional groups attached to an aromatic ring is 1. The van der Waals surface area contributed by atoms with Gasteiger partial charge in [-0.1, -0.05) is 39.5 Å². The number of methoxy groups -OCH3 is 1. The Kier molecular flexibility index (Phi) is 6.96. The number of ether oxygens (including phenoxy) is 1. The molecule has 2 N–H and O–H groups in total. The molecule has 0 aromatic heterocycles. The fourth-order valence-electron chi connectivity index (χ4n) is 4.46. The maximum absolute atomic E-state index is 13.6. The Labute approximate surface area is 181 Å². The molecule has 2 aromatic carbocycles. The molecule has 0 unspecified atom stereocenters. The second-order valence-corrected chi connectivity index (χ2v) is 10.4. The van der Waals surface area contributed by atoms with Crippen LogP contribution in [0.5, 0.6) is 5.75 Å². The molecular formula is C24H34N2O3S. The first-order valence-electron chi connectivity index (χ1n) is 10.9.